The molecule has 7 heteroatoms. The fourth-order valence-corrected chi connectivity index (χ4v) is 4.05. The van der Waals surface area contributed by atoms with E-state index >= 15 is 0 Å². The molecule has 7 nitrogen and oxygen atoms in total. The summed E-state index contributed by atoms with van der Waals surface area (Å²) in [4.78, 5) is 23.0. The summed E-state index contributed by atoms with van der Waals surface area (Å²) in [7, 11) is 2.06. The van der Waals surface area contributed by atoms with Gasteiger partial charge in [-0.05, 0) is 58.0 Å². The van der Waals surface area contributed by atoms with E-state index in [-0.39, 0.29) is 17.9 Å². The summed E-state index contributed by atoms with van der Waals surface area (Å²) in [5, 5.41) is 5.04. The first-order valence-corrected chi connectivity index (χ1v) is 9.13. The van der Waals surface area contributed by atoms with Gasteiger partial charge in [0.05, 0.1) is 22.9 Å². The number of carbonyl (C=O) groups is 1. The third kappa shape index (κ3) is 3.08. The van der Waals surface area contributed by atoms with Crippen molar-refractivity contribution in [3.8, 4) is 11.1 Å². The van der Waals surface area contributed by atoms with Crippen LogP contribution < -0.4 is 5.73 Å². The fourth-order valence-electron chi connectivity index (χ4n) is 4.05. The van der Waals surface area contributed by atoms with Crippen molar-refractivity contribution in [3.05, 3.63) is 41.7 Å². The van der Waals surface area contributed by atoms with Gasteiger partial charge in [0, 0.05) is 16.9 Å². The van der Waals surface area contributed by atoms with E-state index in [4.69, 9.17) is 10.3 Å². The first-order chi connectivity index (χ1) is 13.0. The van der Waals surface area contributed by atoms with Crippen LogP contribution in [0.3, 0.4) is 0 Å². The normalized spacial score (nSPS) is 20.9. The Kier molecular flexibility index (Phi) is 4.39. The number of hydrogen-bond acceptors (Lipinski definition) is 6. The second-order valence-electron chi connectivity index (χ2n) is 7.31. The molecule has 2 unspecified atom stereocenters. The molecular formula is C20H23N5O2. The van der Waals surface area contributed by atoms with Crippen LogP contribution in [0.25, 0.3) is 22.0 Å². The number of aryl methyl sites for hydroxylation is 2. The Morgan fingerprint density at radius 3 is 2.81 bits per heavy atom. The van der Waals surface area contributed by atoms with Crippen LogP contribution >= 0.6 is 0 Å². The molecule has 2 N–H and O–H groups in total. The van der Waals surface area contributed by atoms with Crippen molar-refractivity contribution in [1.82, 2.24) is 20.0 Å². The number of rotatable bonds is 3. The molecule has 1 aliphatic heterocycles. The number of nitrogens with two attached hydrogens (primary N) is 1. The van der Waals surface area contributed by atoms with Crippen LogP contribution in [0.5, 0.6) is 0 Å². The Labute approximate surface area is 157 Å². The number of carbonyl (C=O) groups excluding carboxylic acids is 1. The number of nitrogens with zero attached hydrogens (tertiary/aromatic N) is 4. The Morgan fingerprint density at radius 1 is 1.30 bits per heavy atom. The molecule has 1 saturated heterocycles. The lowest BCUT2D eigenvalue weighted by Crippen LogP contribution is -2.39. The fraction of sp³-hybridized carbons (Fsp3) is 0.400. The van der Waals surface area contributed by atoms with Crippen LogP contribution in [0, 0.1) is 19.8 Å². The summed E-state index contributed by atoms with van der Waals surface area (Å²) in [6.45, 7) is 4.66. The molecule has 0 spiro atoms. The highest BCUT2D eigenvalue weighted by Crippen LogP contribution is 2.36. The standard InChI is InChI=1S/C20H23N5O2/c1-11-18(12(2)27-24-11)13-4-5-16-15(8-13)19(23-10-22-16)17-9-14(20(21)26)6-7-25(17)3/h4-5,8,10,14,17H,6-7,9H2,1-3H3,(H2,21,26). The van der Waals surface area contributed by atoms with Crippen molar-refractivity contribution in [2.24, 2.45) is 11.7 Å². The molecule has 1 fully saturated rings. The summed E-state index contributed by atoms with van der Waals surface area (Å²) < 4.78 is 5.32. The zero-order chi connectivity index (χ0) is 19.1. The van der Waals surface area contributed by atoms with E-state index < -0.39 is 0 Å². The lowest BCUT2D eigenvalue weighted by Gasteiger charge is -2.36. The van der Waals surface area contributed by atoms with Crippen molar-refractivity contribution in [3.63, 3.8) is 0 Å². The molecular weight excluding hydrogens is 342 g/mol. The van der Waals surface area contributed by atoms with E-state index in [1.807, 2.05) is 26.0 Å². The SMILES string of the molecule is Cc1noc(C)c1-c1ccc2ncnc(C3CC(C(N)=O)CCN3C)c2c1. The van der Waals surface area contributed by atoms with Gasteiger partial charge in [-0.2, -0.15) is 0 Å². The van der Waals surface area contributed by atoms with E-state index in [2.05, 4.69) is 33.1 Å². The molecule has 0 aliphatic carbocycles. The Balaban J connectivity index is 1.83. The lowest BCUT2D eigenvalue weighted by molar-refractivity contribution is -0.123. The van der Waals surface area contributed by atoms with Crippen LogP contribution in [0.15, 0.2) is 29.0 Å². The third-order valence-electron chi connectivity index (χ3n) is 5.58. The number of benzene rings is 1. The van der Waals surface area contributed by atoms with E-state index in [1.54, 1.807) is 6.33 Å². The van der Waals surface area contributed by atoms with Crippen molar-refractivity contribution < 1.29 is 9.32 Å². The summed E-state index contributed by atoms with van der Waals surface area (Å²) in [5.74, 6) is 0.429. The predicted molar refractivity (Wildman–Crippen MR) is 102 cm³/mol. The number of aromatic nitrogens is 3. The third-order valence-corrected chi connectivity index (χ3v) is 5.58. The van der Waals surface area contributed by atoms with Crippen LogP contribution in [-0.4, -0.2) is 39.5 Å². The van der Waals surface area contributed by atoms with Gasteiger partial charge in [-0.3, -0.25) is 9.69 Å². The maximum atomic E-state index is 11.7. The molecule has 1 amide bonds. The molecule has 3 heterocycles. The average Bonchev–Trinajstić information content (AvgIpc) is 2.99. The Hall–Kier alpha value is -2.80. The second kappa shape index (κ2) is 6.74. The number of primary amides is 1. The predicted octanol–water partition coefficient (Wildman–Crippen LogP) is 2.77. The molecule has 140 valence electrons. The van der Waals surface area contributed by atoms with Gasteiger partial charge in [-0.1, -0.05) is 11.2 Å². The molecule has 1 aromatic carbocycles. The summed E-state index contributed by atoms with van der Waals surface area (Å²) in [6.07, 6.45) is 3.05. The average molecular weight is 365 g/mol. The molecule has 3 aromatic rings. The van der Waals surface area contributed by atoms with Gasteiger partial charge in [0.15, 0.2) is 0 Å². The van der Waals surface area contributed by atoms with E-state index in [9.17, 15) is 4.79 Å². The van der Waals surface area contributed by atoms with Crippen LogP contribution in [0.1, 0.15) is 36.0 Å². The minimum atomic E-state index is -0.233. The quantitative estimate of drug-likeness (QED) is 0.766. The summed E-state index contributed by atoms with van der Waals surface area (Å²) >= 11 is 0. The Morgan fingerprint density at radius 2 is 2.11 bits per heavy atom. The maximum absolute atomic E-state index is 11.7. The number of likely N-dealkylation sites (tertiary alicyclic amines) is 1. The van der Waals surface area contributed by atoms with Gasteiger partial charge in [-0.15, -0.1) is 0 Å². The van der Waals surface area contributed by atoms with Gasteiger partial charge in [0.2, 0.25) is 5.91 Å². The van der Waals surface area contributed by atoms with Crippen molar-refractivity contribution in [2.75, 3.05) is 13.6 Å². The number of fused-ring (bicyclic) bond motifs is 1. The van der Waals surface area contributed by atoms with Gasteiger partial charge in [-0.25, -0.2) is 9.97 Å². The van der Waals surface area contributed by atoms with Crippen molar-refractivity contribution in [2.45, 2.75) is 32.7 Å². The van der Waals surface area contributed by atoms with Crippen molar-refractivity contribution >= 4 is 16.8 Å². The van der Waals surface area contributed by atoms with Crippen LogP contribution in [-0.2, 0) is 4.79 Å². The monoisotopic (exact) mass is 365 g/mol. The smallest absolute Gasteiger partial charge is 0.220 e. The minimum Gasteiger partial charge on any atom is -0.369 e. The van der Waals surface area contributed by atoms with Gasteiger partial charge in [0.1, 0.15) is 12.1 Å². The maximum Gasteiger partial charge on any atom is 0.220 e. The molecule has 2 aromatic heterocycles. The summed E-state index contributed by atoms with van der Waals surface area (Å²) in [6, 6.07) is 6.15. The molecule has 2 atom stereocenters. The highest BCUT2D eigenvalue weighted by Gasteiger charge is 2.32. The summed E-state index contributed by atoms with van der Waals surface area (Å²) in [5.41, 5.74) is 10.3. The number of piperidine rings is 1. The number of hydrogen-bond donors (Lipinski definition) is 1. The Bertz CT molecular complexity index is 993. The highest BCUT2D eigenvalue weighted by molar-refractivity contribution is 5.87. The van der Waals surface area contributed by atoms with Gasteiger partial charge in [0.25, 0.3) is 0 Å². The zero-order valence-corrected chi connectivity index (χ0v) is 15.8. The zero-order valence-electron chi connectivity index (χ0n) is 15.8. The van der Waals surface area contributed by atoms with E-state index in [0.717, 1.165) is 52.1 Å². The number of amides is 1. The minimum absolute atomic E-state index is 0.0293. The van der Waals surface area contributed by atoms with E-state index in [0.29, 0.717) is 6.42 Å². The molecule has 0 radical (unpaired) electrons. The lowest BCUT2D eigenvalue weighted by atomic mass is 9.87. The molecule has 0 bridgehead atoms. The molecule has 0 saturated carbocycles. The second-order valence-corrected chi connectivity index (χ2v) is 7.31. The molecule has 27 heavy (non-hydrogen) atoms. The van der Waals surface area contributed by atoms with E-state index in [1.165, 1.54) is 0 Å². The molecule has 1 aliphatic rings. The first-order valence-electron chi connectivity index (χ1n) is 9.13. The van der Waals surface area contributed by atoms with Gasteiger partial charge >= 0.3 is 0 Å². The first kappa shape index (κ1) is 17.6. The highest BCUT2D eigenvalue weighted by atomic mass is 16.5. The molecule has 4 rings (SSSR count). The van der Waals surface area contributed by atoms with Crippen molar-refractivity contribution in [1.29, 1.82) is 0 Å². The largest absolute Gasteiger partial charge is 0.369 e. The van der Waals surface area contributed by atoms with Crippen LogP contribution in [0.2, 0.25) is 0 Å². The topological polar surface area (TPSA) is 98.1 Å². The van der Waals surface area contributed by atoms with Gasteiger partial charge < -0.3 is 10.3 Å². The van der Waals surface area contributed by atoms with Crippen LogP contribution in [0.4, 0.5) is 0 Å².